The number of H-pyrrole nitrogens is 2. The van der Waals surface area contributed by atoms with E-state index in [1.54, 1.807) is 24.8 Å². The molecular weight excluding hydrogens is 571 g/mol. The van der Waals surface area contributed by atoms with Crippen LogP contribution >= 0.6 is 0 Å². The van der Waals surface area contributed by atoms with Crippen molar-refractivity contribution < 1.29 is 13.9 Å². The van der Waals surface area contributed by atoms with E-state index in [1.165, 1.54) is 12.1 Å². The summed E-state index contributed by atoms with van der Waals surface area (Å²) in [6.45, 7) is 1.60. The number of aromatic amines is 2. The fraction of sp³-hybridized carbons (Fsp3) is 0.147. The van der Waals surface area contributed by atoms with Crippen LogP contribution in [0.1, 0.15) is 5.56 Å². The van der Waals surface area contributed by atoms with Crippen LogP contribution in [0.2, 0.25) is 0 Å². The van der Waals surface area contributed by atoms with E-state index in [4.69, 9.17) is 14.5 Å². The first-order valence-electron chi connectivity index (χ1n) is 14.4. The van der Waals surface area contributed by atoms with E-state index >= 15 is 0 Å². The Hall–Kier alpha value is -5.68. The number of pyridine rings is 3. The van der Waals surface area contributed by atoms with Crippen LogP contribution in [0.15, 0.2) is 91.5 Å². The van der Waals surface area contributed by atoms with Gasteiger partial charge in [0.15, 0.2) is 11.5 Å². The summed E-state index contributed by atoms with van der Waals surface area (Å²) in [5, 5.41) is 8.41. The van der Waals surface area contributed by atoms with E-state index in [0.717, 1.165) is 27.6 Å². The number of hydrogen-bond donors (Lipinski definition) is 2. The van der Waals surface area contributed by atoms with Crippen LogP contribution < -0.4 is 9.47 Å². The molecule has 0 aliphatic carbocycles. The van der Waals surface area contributed by atoms with Crippen molar-refractivity contribution in [1.29, 1.82) is 0 Å². The number of aromatic nitrogens is 7. The quantitative estimate of drug-likeness (QED) is 0.188. The van der Waals surface area contributed by atoms with Gasteiger partial charge in [-0.1, -0.05) is 30.3 Å². The second kappa shape index (κ2) is 12.1. The summed E-state index contributed by atoms with van der Waals surface area (Å²) in [7, 11) is 3.92. The van der Waals surface area contributed by atoms with Crippen molar-refractivity contribution in [3.63, 3.8) is 0 Å². The maximum atomic E-state index is 14.7. The number of nitrogens with zero attached hydrogens (tertiary/aromatic N) is 6. The lowest BCUT2D eigenvalue weighted by Gasteiger charge is -2.12. The van der Waals surface area contributed by atoms with E-state index < -0.39 is 5.82 Å². The molecule has 0 saturated heterocycles. The lowest BCUT2D eigenvalue weighted by Crippen LogP contribution is -2.19. The topological polar surface area (TPSA) is 118 Å². The molecule has 5 aromatic heterocycles. The Balaban J connectivity index is 1.20. The number of hydrogen-bond acceptors (Lipinski definition) is 8. The Bertz CT molecular complexity index is 2110. The molecule has 0 saturated carbocycles. The molecule has 5 heterocycles. The van der Waals surface area contributed by atoms with Crippen LogP contribution in [0.3, 0.4) is 0 Å². The molecule has 0 bridgehead atoms. The third-order valence-corrected chi connectivity index (χ3v) is 7.30. The Morgan fingerprint density at radius 2 is 1.73 bits per heavy atom. The lowest BCUT2D eigenvalue weighted by atomic mass is 10.1. The van der Waals surface area contributed by atoms with Crippen LogP contribution in [0.25, 0.3) is 56.0 Å². The average Bonchev–Trinajstić information content (AvgIpc) is 3.68. The van der Waals surface area contributed by atoms with Crippen LogP contribution in [-0.4, -0.2) is 67.3 Å². The first-order valence-corrected chi connectivity index (χ1v) is 14.4. The highest BCUT2D eigenvalue weighted by molar-refractivity contribution is 5.96. The number of nitrogens with one attached hydrogen (secondary N) is 2. The second-order valence-electron chi connectivity index (χ2n) is 10.8. The Labute approximate surface area is 257 Å². The molecule has 11 heteroatoms. The van der Waals surface area contributed by atoms with Gasteiger partial charge < -0.3 is 19.4 Å². The van der Waals surface area contributed by atoms with Gasteiger partial charge in [0.05, 0.1) is 23.6 Å². The largest absolute Gasteiger partial charge is 0.492 e. The predicted molar refractivity (Wildman–Crippen MR) is 170 cm³/mol. The first-order chi connectivity index (χ1) is 22.0. The molecule has 0 atom stereocenters. The number of ether oxygens (including phenoxy) is 2. The minimum absolute atomic E-state index is 0.393. The molecule has 7 aromatic rings. The summed E-state index contributed by atoms with van der Waals surface area (Å²) in [6.07, 6.45) is 6.83. The van der Waals surface area contributed by atoms with Gasteiger partial charge >= 0.3 is 0 Å². The third kappa shape index (κ3) is 6.06. The van der Waals surface area contributed by atoms with Gasteiger partial charge in [0.1, 0.15) is 41.7 Å². The normalized spacial score (nSPS) is 11.5. The zero-order valence-electron chi connectivity index (χ0n) is 24.7. The molecule has 0 radical (unpaired) electrons. The third-order valence-electron chi connectivity index (χ3n) is 7.30. The van der Waals surface area contributed by atoms with Crippen molar-refractivity contribution >= 4 is 22.1 Å². The van der Waals surface area contributed by atoms with Gasteiger partial charge in [0.25, 0.3) is 0 Å². The number of rotatable bonds is 10. The van der Waals surface area contributed by atoms with E-state index in [9.17, 15) is 4.39 Å². The van der Waals surface area contributed by atoms with Gasteiger partial charge in [-0.25, -0.2) is 14.4 Å². The molecule has 0 aliphatic rings. The zero-order valence-corrected chi connectivity index (χ0v) is 24.7. The van der Waals surface area contributed by atoms with Gasteiger partial charge in [-0.2, -0.15) is 5.10 Å². The molecule has 0 amide bonds. The molecule has 7 rings (SSSR count). The Morgan fingerprint density at radius 1 is 0.867 bits per heavy atom. The smallest absolute Gasteiger partial charge is 0.160 e. The van der Waals surface area contributed by atoms with Gasteiger partial charge in [-0.05, 0) is 55.6 Å². The van der Waals surface area contributed by atoms with E-state index in [0.29, 0.717) is 65.2 Å². The number of benzene rings is 2. The maximum absolute atomic E-state index is 14.7. The van der Waals surface area contributed by atoms with Crippen LogP contribution in [0.5, 0.6) is 11.5 Å². The maximum Gasteiger partial charge on any atom is 0.160 e. The van der Waals surface area contributed by atoms with Crippen molar-refractivity contribution in [2.24, 2.45) is 0 Å². The van der Waals surface area contributed by atoms with Crippen molar-refractivity contribution in [3.05, 3.63) is 103 Å². The number of likely N-dealkylation sites (N-methyl/N-ethyl adjacent to an activating group) is 1. The van der Waals surface area contributed by atoms with Gasteiger partial charge in [-0.3, -0.25) is 15.1 Å². The summed E-state index contributed by atoms with van der Waals surface area (Å²) in [5.41, 5.74) is 6.44. The highest BCUT2D eigenvalue weighted by Gasteiger charge is 2.18. The standard InChI is InChI=1S/C34H29FN8O2/c1-43(2)10-11-44-25-13-22(12-24(35)15-25)27-8-9-37-33-31(27)39-34(40-33)32-28-16-29(38-19-30(28)41-42-32)23-14-26(18-36-17-23)45-20-21-6-4-3-5-7-21/h3-9,12-19H,10-11,20H2,1-2H3,(H,41,42)(H,37,39,40). The summed E-state index contributed by atoms with van der Waals surface area (Å²) in [4.78, 5) is 23.7. The minimum Gasteiger partial charge on any atom is -0.492 e. The number of imidazole rings is 1. The molecule has 45 heavy (non-hydrogen) atoms. The minimum atomic E-state index is -0.393. The highest BCUT2D eigenvalue weighted by atomic mass is 19.1. The predicted octanol–water partition coefficient (Wildman–Crippen LogP) is 6.28. The van der Waals surface area contributed by atoms with Gasteiger partial charge in [-0.15, -0.1) is 0 Å². The molecule has 0 fully saturated rings. The van der Waals surface area contributed by atoms with Crippen molar-refractivity contribution in [1.82, 2.24) is 40.0 Å². The Morgan fingerprint density at radius 3 is 2.60 bits per heavy atom. The van der Waals surface area contributed by atoms with Crippen molar-refractivity contribution in [2.45, 2.75) is 6.61 Å². The van der Waals surface area contributed by atoms with Crippen LogP contribution in [-0.2, 0) is 6.61 Å². The molecular formula is C34H29FN8O2. The molecule has 0 aliphatic heterocycles. The molecule has 10 nitrogen and oxygen atoms in total. The fourth-order valence-corrected chi connectivity index (χ4v) is 5.04. The summed E-state index contributed by atoms with van der Waals surface area (Å²) >= 11 is 0. The first kappa shape index (κ1) is 28.1. The molecule has 0 unspecified atom stereocenters. The fourth-order valence-electron chi connectivity index (χ4n) is 5.04. The van der Waals surface area contributed by atoms with E-state index in [2.05, 4.69) is 30.1 Å². The van der Waals surface area contributed by atoms with Crippen molar-refractivity contribution in [2.75, 3.05) is 27.2 Å². The van der Waals surface area contributed by atoms with E-state index in [-0.39, 0.29) is 0 Å². The number of fused-ring (bicyclic) bond motifs is 2. The summed E-state index contributed by atoms with van der Waals surface area (Å²) < 4.78 is 26.5. The van der Waals surface area contributed by atoms with Crippen LogP contribution in [0.4, 0.5) is 4.39 Å². The monoisotopic (exact) mass is 600 g/mol. The average molecular weight is 601 g/mol. The number of halogens is 1. The van der Waals surface area contributed by atoms with Gasteiger partial charge in [0.2, 0.25) is 0 Å². The SMILES string of the molecule is CN(C)CCOc1cc(F)cc(-c2ccnc3[nH]c(-c4n[nH]c5cnc(-c6cncc(OCc7ccccc7)c6)cc45)nc23)c1. The zero-order chi connectivity index (χ0) is 30.8. The lowest BCUT2D eigenvalue weighted by molar-refractivity contribution is 0.260. The second-order valence-corrected chi connectivity index (χ2v) is 10.8. The van der Waals surface area contributed by atoms with Crippen molar-refractivity contribution in [3.8, 4) is 45.4 Å². The highest BCUT2D eigenvalue weighted by Crippen LogP contribution is 2.33. The molecule has 2 aromatic carbocycles. The van der Waals surface area contributed by atoms with E-state index in [1.807, 2.05) is 73.6 Å². The summed E-state index contributed by atoms with van der Waals surface area (Å²) in [5.74, 6) is 1.22. The molecule has 0 spiro atoms. The molecule has 224 valence electrons. The van der Waals surface area contributed by atoms with Crippen LogP contribution in [0, 0.1) is 5.82 Å². The Kier molecular flexibility index (Phi) is 7.58. The summed E-state index contributed by atoms with van der Waals surface area (Å²) in [6, 6.07) is 20.3. The van der Waals surface area contributed by atoms with Gasteiger partial charge in [0, 0.05) is 41.5 Å². The molecule has 2 N–H and O–H groups in total.